The summed E-state index contributed by atoms with van der Waals surface area (Å²) in [7, 11) is 0. The fraction of sp³-hybridized carbons (Fsp3) is 0.250. The number of amides is 1. The van der Waals surface area contributed by atoms with Gasteiger partial charge in [-0.2, -0.15) is 0 Å². The molecule has 1 aliphatic rings. The van der Waals surface area contributed by atoms with Crippen molar-refractivity contribution in [1.82, 2.24) is 10.3 Å². The number of pyridine rings is 1. The molecule has 2 rings (SSSR count). The first-order valence-corrected chi connectivity index (χ1v) is 4.03. The second kappa shape index (κ2) is 2.75. The molecular weight excluding hydrogens is 176 g/mol. The van der Waals surface area contributed by atoms with Crippen LogP contribution in [0.25, 0.3) is 0 Å². The van der Waals surface area contributed by atoms with Crippen LogP contribution < -0.4 is 5.32 Å². The summed E-state index contributed by atoms with van der Waals surface area (Å²) in [4.78, 5) is 14.9. The minimum Gasteiger partial charge on any atom is -0.352 e. The minimum atomic E-state index is 0.0478. The lowest BCUT2D eigenvalue weighted by atomic mass is 10.0. The maximum Gasteiger partial charge on any atom is 0.224 e. The Morgan fingerprint density at radius 1 is 1.50 bits per heavy atom. The highest BCUT2D eigenvalue weighted by atomic mass is 35.5. The Labute approximate surface area is 74.8 Å². The molecule has 0 saturated carbocycles. The van der Waals surface area contributed by atoms with Crippen LogP contribution in [0.4, 0.5) is 0 Å². The summed E-state index contributed by atoms with van der Waals surface area (Å²) in [6.45, 7) is 0.566. The van der Waals surface area contributed by atoms with Crippen LogP contribution in [0.5, 0.6) is 0 Å². The van der Waals surface area contributed by atoms with E-state index in [1.54, 1.807) is 12.3 Å². The van der Waals surface area contributed by atoms with Crippen LogP contribution in [-0.2, 0) is 17.8 Å². The van der Waals surface area contributed by atoms with E-state index in [-0.39, 0.29) is 5.91 Å². The van der Waals surface area contributed by atoms with Crippen LogP contribution in [-0.4, -0.2) is 10.9 Å². The molecule has 0 aliphatic carbocycles. The zero-order valence-corrected chi connectivity index (χ0v) is 7.06. The average molecular weight is 183 g/mol. The van der Waals surface area contributed by atoms with Crippen LogP contribution in [0.3, 0.4) is 0 Å². The van der Waals surface area contributed by atoms with E-state index in [0.29, 0.717) is 18.1 Å². The minimum absolute atomic E-state index is 0.0478. The van der Waals surface area contributed by atoms with Crippen molar-refractivity contribution in [2.45, 2.75) is 13.0 Å². The summed E-state index contributed by atoms with van der Waals surface area (Å²) in [5, 5.41) is 3.22. The van der Waals surface area contributed by atoms with Crippen molar-refractivity contribution in [3.05, 3.63) is 28.5 Å². The van der Waals surface area contributed by atoms with Gasteiger partial charge >= 0.3 is 0 Å². The summed E-state index contributed by atoms with van der Waals surface area (Å²) >= 11 is 5.69. The quantitative estimate of drug-likeness (QED) is 0.606. The number of hydrogen-bond acceptors (Lipinski definition) is 2. The normalized spacial score (nSPS) is 15.2. The number of fused-ring (bicyclic) bond motifs is 1. The molecule has 0 aromatic carbocycles. The molecule has 1 aromatic rings. The van der Waals surface area contributed by atoms with E-state index in [0.717, 1.165) is 11.1 Å². The summed E-state index contributed by atoms with van der Waals surface area (Å²) in [6.07, 6.45) is 2.08. The second-order valence-electron chi connectivity index (χ2n) is 2.73. The molecule has 0 unspecified atom stereocenters. The Bertz CT molecular complexity index is 338. The van der Waals surface area contributed by atoms with Gasteiger partial charge in [-0.15, -0.1) is 0 Å². The molecule has 0 bridgehead atoms. The lowest BCUT2D eigenvalue weighted by Crippen LogP contribution is -2.30. The van der Waals surface area contributed by atoms with Gasteiger partial charge in [0.15, 0.2) is 0 Å². The summed E-state index contributed by atoms with van der Waals surface area (Å²) in [6, 6.07) is 1.79. The molecule has 12 heavy (non-hydrogen) atoms. The predicted molar refractivity (Wildman–Crippen MR) is 44.8 cm³/mol. The third kappa shape index (κ3) is 1.28. The van der Waals surface area contributed by atoms with Crippen molar-refractivity contribution in [3.8, 4) is 0 Å². The van der Waals surface area contributed by atoms with E-state index < -0.39 is 0 Å². The molecule has 0 saturated heterocycles. The van der Waals surface area contributed by atoms with Crippen molar-refractivity contribution >= 4 is 17.5 Å². The van der Waals surface area contributed by atoms with Crippen LogP contribution in [0.2, 0.25) is 5.15 Å². The van der Waals surface area contributed by atoms with E-state index in [1.807, 2.05) is 0 Å². The third-order valence-corrected chi connectivity index (χ3v) is 2.08. The zero-order chi connectivity index (χ0) is 8.55. The average Bonchev–Trinajstić information content (AvgIpc) is 2.05. The fourth-order valence-corrected chi connectivity index (χ4v) is 1.43. The van der Waals surface area contributed by atoms with Gasteiger partial charge in [-0.1, -0.05) is 11.6 Å². The lowest BCUT2D eigenvalue weighted by Gasteiger charge is -2.15. The van der Waals surface area contributed by atoms with E-state index >= 15 is 0 Å². The van der Waals surface area contributed by atoms with Crippen molar-refractivity contribution in [2.75, 3.05) is 0 Å². The maximum absolute atomic E-state index is 10.9. The molecule has 0 radical (unpaired) electrons. The fourth-order valence-electron chi connectivity index (χ4n) is 1.25. The molecule has 1 aromatic heterocycles. The van der Waals surface area contributed by atoms with Crippen molar-refractivity contribution in [3.63, 3.8) is 0 Å². The Morgan fingerprint density at radius 2 is 2.33 bits per heavy atom. The molecule has 1 amide bonds. The van der Waals surface area contributed by atoms with Gasteiger partial charge < -0.3 is 5.32 Å². The molecule has 0 atom stereocenters. The van der Waals surface area contributed by atoms with Gasteiger partial charge in [0.2, 0.25) is 5.91 Å². The standard InChI is InChI=1S/C8H7ClN2O/c9-7-1-5-4-11-8(12)2-6(5)3-10-7/h1,3H,2,4H2,(H,11,12). The molecule has 0 spiro atoms. The van der Waals surface area contributed by atoms with Gasteiger partial charge in [-0.3, -0.25) is 4.79 Å². The molecule has 0 fully saturated rings. The Morgan fingerprint density at radius 3 is 3.17 bits per heavy atom. The number of nitrogens with zero attached hydrogens (tertiary/aromatic N) is 1. The summed E-state index contributed by atoms with van der Waals surface area (Å²) in [5.74, 6) is 0.0478. The predicted octanol–water partition coefficient (Wildman–Crippen LogP) is 0.907. The SMILES string of the molecule is O=C1Cc2cnc(Cl)cc2CN1. The van der Waals surface area contributed by atoms with Gasteiger partial charge in [0.25, 0.3) is 0 Å². The van der Waals surface area contributed by atoms with E-state index in [2.05, 4.69) is 10.3 Å². The van der Waals surface area contributed by atoms with Gasteiger partial charge in [0.05, 0.1) is 6.42 Å². The highest BCUT2D eigenvalue weighted by molar-refractivity contribution is 6.29. The summed E-state index contributed by atoms with van der Waals surface area (Å²) < 4.78 is 0. The topological polar surface area (TPSA) is 42.0 Å². The molecule has 4 heteroatoms. The van der Waals surface area contributed by atoms with Gasteiger partial charge in [-0.25, -0.2) is 4.98 Å². The molecule has 1 N–H and O–H groups in total. The number of carbonyl (C=O) groups excluding carboxylic acids is 1. The Kier molecular flexibility index (Phi) is 1.73. The highest BCUT2D eigenvalue weighted by Crippen LogP contribution is 2.16. The third-order valence-electron chi connectivity index (χ3n) is 1.88. The van der Waals surface area contributed by atoms with Gasteiger partial charge in [0, 0.05) is 12.7 Å². The van der Waals surface area contributed by atoms with Crippen LogP contribution in [0.1, 0.15) is 11.1 Å². The lowest BCUT2D eigenvalue weighted by molar-refractivity contribution is -0.121. The molecular formula is C8H7ClN2O. The van der Waals surface area contributed by atoms with Crippen LogP contribution in [0.15, 0.2) is 12.3 Å². The van der Waals surface area contributed by atoms with Gasteiger partial charge in [0.1, 0.15) is 5.15 Å². The number of hydrogen-bond donors (Lipinski definition) is 1. The first kappa shape index (κ1) is 7.55. The number of carbonyl (C=O) groups is 1. The largest absolute Gasteiger partial charge is 0.352 e. The number of rotatable bonds is 0. The number of halogens is 1. The molecule has 2 heterocycles. The Balaban J connectivity index is 2.43. The molecule has 1 aliphatic heterocycles. The van der Waals surface area contributed by atoms with Crippen molar-refractivity contribution in [1.29, 1.82) is 0 Å². The zero-order valence-electron chi connectivity index (χ0n) is 6.30. The van der Waals surface area contributed by atoms with Crippen LogP contribution in [0, 0.1) is 0 Å². The first-order valence-electron chi connectivity index (χ1n) is 3.66. The van der Waals surface area contributed by atoms with Gasteiger partial charge in [-0.05, 0) is 17.2 Å². The van der Waals surface area contributed by atoms with Crippen LogP contribution >= 0.6 is 11.6 Å². The first-order chi connectivity index (χ1) is 5.75. The number of aromatic nitrogens is 1. The molecule has 3 nitrogen and oxygen atoms in total. The molecule has 62 valence electrons. The van der Waals surface area contributed by atoms with Crippen molar-refractivity contribution < 1.29 is 4.79 Å². The maximum atomic E-state index is 10.9. The monoisotopic (exact) mass is 182 g/mol. The van der Waals surface area contributed by atoms with E-state index in [1.165, 1.54) is 0 Å². The Hall–Kier alpha value is -1.09. The highest BCUT2D eigenvalue weighted by Gasteiger charge is 2.14. The summed E-state index contributed by atoms with van der Waals surface area (Å²) in [5.41, 5.74) is 2.04. The smallest absolute Gasteiger partial charge is 0.224 e. The van der Waals surface area contributed by atoms with Crippen molar-refractivity contribution in [2.24, 2.45) is 0 Å². The number of nitrogens with one attached hydrogen (secondary N) is 1. The second-order valence-corrected chi connectivity index (χ2v) is 3.12. The van der Waals surface area contributed by atoms with E-state index in [4.69, 9.17) is 11.6 Å². The van der Waals surface area contributed by atoms with E-state index in [9.17, 15) is 4.79 Å².